The minimum Gasteiger partial charge on any atom is -0.353 e. The van der Waals surface area contributed by atoms with Crippen LogP contribution in [0.4, 0.5) is 0 Å². The highest BCUT2D eigenvalue weighted by Crippen LogP contribution is 2.51. The van der Waals surface area contributed by atoms with Gasteiger partial charge in [-0.2, -0.15) is 0 Å². The molecule has 0 spiro atoms. The topological polar surface area (TPSA) is 89.9 Å². The number of rotatable bonds is 8. The summed E-state index contributed by atoms with van der Waals surface area (Å²) in [5, 5.41) is 3.29. The zero-order chi connectivity index (χ0) is 17.6. The molecule has 1 aliphatic rings. The predicted molar refractivity (Wildman–Crippen MR) is 92.1 cm³/mol. The fourth-order valence-electron chi connectivity index (χ4n) is 3.61. The summed E-state index contributed by atoms with van der Waals surface area (Å²) in [6, 6.07) is 0.0821. The van der Waals surface area contributed by atoms with Gasteiger partial charge in [-0.3, -0.25) is 9.36 Å². The number of allylic oxidation sites excluding steroid dienone is 1. The molecule has 0 unspecified atom stereocenters. The summed E-state index contributed by atoms with van der Waals surface area (Å²) in [7, 11) is -4.19. The Hall–Kier alpha value is -0.680. The lowest BCUT2D eigenvalue weighted by molar-refractivity contribution is -0.120. The molecule has 0 heterocycles. The number of carbonyl (C=O) groups is 1. The monoisotopic (exact) mass is 346 g/mol. The van der Waals surface area contributed by atoms with Crippen molar-refractivity contribution in [2.75, 3.05) is 13.1 Å². The van der Waals surface area contributed by atoms with E-state index in [0.29, 0.717) is 12.8 Å². The van der Waals surface area contributed by atoms with E-state index in [1.807, 2.05) is 0 Å². The molecule has 0 saturated heterocycles. The Labute approximate surface area is 139 Å². The van der Waals surface area contributed by atoms with Crippen LogP contribution in [0.15, 0.2) is 11.4 Å². The van der Waals surface area contributed by atoms with Gasteiger partial charge in [0.15, 0.2) is 0 Å². The van der Waals surface area contributed by atoms with E-state index in [9.17, 15) is 19.1 Å². The van der Waals surface area contributed by atoms with Gasteiger partial charge >= 0.3 is 7.60 Å². The first kappa shape index (κ1) is 20.4. The first-order chi connectivity index (χ1) is 10.7. The van der Waals surface area contributed by atoms with E-state index in [4.69, 9.17) is 0 Å². The molecular formula is C16H31N2O4P. The molecule has 0 radical (unpaired) electrons. The quantitative estimate of drug-likeness (QED) is 0.588. The molecule has 0 aromatic carbocycles. The molecular weight excluding hydrogens is 315 g/mol. The summed E-state index contributed by atoms with van der Waals surface area (Å²) in [5.74, 6) is 0.126. The molecule has 3 N–H and O–H groups in total. The van der Waals surface area contributed by atoms with Gasteiger partial charge in [-0.15, -0.1) is 0 Å². The van der Waals surface area contributed by atoms with Crippen LogP contribution in [-0.2, 0) is 9.36 Å². The number of hydrogen-bond acceptors (Lipinski definition) is 3. The molecule has 134 valence electrons. The third-order valence-electron chi connectivity index (χ3n) is 4.70. The second-order valence-electron chi connectivity index (χ2n) is 6.23. The van der Waals surface area contributed by atoms with E-state index in [1.165, 1.54) is 6.92 Å². The van der Waals surface area contributed by atoms with Gasteiger partial charge < -0.3 is 20.0 Å². The molecule has 0 fully saturated rings. The third kappa shape index (κ3) is 5.71. The number of hydrogen-bond donors (Lipinski definition) is 3. The Kier molecular flexibility index (Phi) is 7.95. The van der Waals surface area contributed by atoms with Crippen LogP contribution in [-0.4, -0.2) is 45.8 Å². The molecule has 7 heteroatoms. The molecule has 0 aromatic heterocycles. The maximum absolute atomic E-state index is 11.6. The van der Waals surface area contributed by atoms with E-state index >= 15 is 0 Å². The SMILES string of the molecule is CCC[C@H](NC(C)=O)[C@@H]1CC=C(P(=O)(O)O)C[C@@H]1N(CC)CC. The van der Waals surface area contributed by atoms with E-state index in [2.05, 4.69) is 31.0 Å². The van der Waals surface area contributed by atoms with Crippen molar-refractivity contribution in [3.8, 4) is 0 Å². The largest absolute Gasteiger partial charge is 0.353 e. The van der Waals surface area contributed by atoms with Gasteiger partial charge in [0.05, 0.1) is 0 Å². The average Bonchev–Trinajstić information content (AvgIpc) is 2.46. The number of carbonyl (C=O) groups excluding carboxylic acids is 1. The van der Waals surface area contributed by atoms with Crippen molar-refractivity contribution in [2.24, 2.45) is 5.92 Å². The standard InChI is InChI=1S/C16H31N2O4P/c1-5-8-15(17-12(4)19)14-10-9-13(23(20,21)22)11-16(14)18(6-2)7-3/h9,14-16H,5-8,10-11H2,1-4H3,(H,17,19)(H2,20,21,22)/t14-,15-,16-/m0/s1. The van der Waals surface area contributed by atoms with Crippen molar-refractivity contribution in [3.63, 3.8) is 0 Å². The summed E-state index contributed by atoms with van der Waals surface area (Å²) in [5.41, 5.74) is 0. The van der Waals surface area contributed by atoms with Gasteiger partial charge in [-0.05, 0) is 38.3 Å². The third-order valence-corrected chi connectivity index (χ3v) is 5.81. The summed E-state index contributed by atoms with van der Waals surface area (Å²) < 4.78 is 11.6. The van der Waals surface area contributed by atoms with Gasteiger partial charge in [0.1, 0.15) is 0 Å². The van der Waals surface area contributed by atoms with E-state index in [-0.39, 0.29) is 29.2 Å². The molecule has 1 amide bonds. The van der Waals surface area contributed by atoms with Crippen LogP contribution in [0.2, 0.25) is 0 Å². The van der Waals surface area contributed by atoms with Crippen molar-refractivity contribution in [1.29, 1.82) is 0 Å². The molecule has 0 saturated carbocycles. The van der Waals surface area contributed by atoms with Crippen molar-refractivity contribution >= 4 is 13.5 Å². The Balaban J connectivity index is 3.11. The van der Waals surface area contributed by atoms with Gasteiger partial charge in [0, 0.05) is 24.3 Å². The van der Waals surface area contributed by atoms with Gasteiger partial charge in [0.2, 0.25) is 5.91 Å². The highest BCUT2D eigenvalue weighted by Gasteiger charge is 2.38. The highest BCUT2D eigenvalue weighted by atomic mass is 31.2. The highest BCUT2D eigenvalue weighted by molar-refractivity contribution is 7.56. The normalized spacial score (nSPS) is 23.5. The van der Waals surface area contributed by atoms with E-state index in [1.54, 1.807) is 6.08 Å². The van der Waals surface area contributed by atoms with Crippen molar-refractivity contribution in [2.45, 2.75) is 65.5 Å². The van der Waals surface area contributed by atoms with Gasteiger partial charge in [0.25, 0.3) is 0 Å². The Bertz CT molecular complexity index is 471. The summed E-state index contributed by atoms with van der Waals surface area (Å²) >= 11 is 0. The number of nitrogens with one attached hydrogen (secondary N) is 1. The lowest BCUT2D eigenvalue weighted by atomic mass is 9.80. The van der Waals surface area contributed by atoms with Crippen LogP contribution >= 0.6 is 7.60 Å². The smallest absolute Gasteiger partial charge is 0.351 e. The molecule has 3 atom stereocenters. The second-order valence-corrected chi connectivity index (χ2v) is 7.89. The molecule has 23 heavy (non-hydrogen) atoms. The van der Waals surface area contributed by atoms with Gasteiger partial charge in [-0.1, -0.05) is 33.3 Å². The number of amides is 1. The lowest BCUT2D eigenvalue weighted by Gasteiger charge is -2.42. The molecule has 1 rings (SSSR count). The average molecular weight is 346 g/mol. The maximum Gasteiger partial charge on any atom is 0.351 e. The minimum absolute atomic E-state index is 0.0395. The zero-order valence-corrected chi connectivity index (χ0v) is 15.6. The Morgan fingerprint density at radius 1 is 1.39 bits per heavy atom. The molecule has 0 aromatic rings. The first-order valence-electron chi connectivity index (χ1n) is 8.50. The predicted octanol–water partition coefficient (Wildman–Crippen LogP) is 2.47. The van der Waals surface area contributed by atoms with Crippen LogP contribution in [0.25, 0.3) is 0 Å². The van der Waals surface area contributed by atoms with E-state index < -0.39 is 7.60 Å². The van der Waals surface area contributed by atoms with E-state index in [0.717, 1.165) is 25.9 Å². The Morgan fingerprint density at radius 3 is 2.43 bits per heavy atom. The fourth-order valence-corrected chi connectivity index (χ4v) is 4.37. The van der Waals surface area contributed by atoms with Crippen LogP contribution in [0.5, 0.6) is 0 Å². The number of nitrogens with zero attached hydrogens (tertiary/aromatic N) is 1. The van der Waals surface area contributed by atoms with Crippen LogP contribution in [0.1, 0.15) is 53.4 Å². The van der Waals surface area contributed by atoms with Crippen molar-refractivity contribution < 1.29 is 19.1 Å². The second kappa shape index (κ2) is 8.97. The minimum atomic E-state index is -4.19. The summed E-state index contributed by atoms with van der Waals surface area (Å²) in [6.45, 7) is 9.37. The van der Waals surface area contributed by atoms with Crippen molar-refractivity contribution in [1.82, 2.24) is 10.2 Å². The van der Waals surface area contributed by atoms with Gasteiger partial charge in [-0.25, -0.2) is 0 Å². The molecule has 0 bridgehead atoms. The first-order valence-corrected chi connectivity index (χ1v) is 10.1. The molecule has 0 aliphatic heterocycles. The maximum atomic E-state index is 11.6. The molecule has 1 aliphatic carbocycles. The van der Waals surface area contributed by atoms with Crippen molar-refractivity contribution in [3.05, 3.63) is 11.4 Å². The lowest BCUT2D eigenvalue weighted by Crippen LogP contribution is -2.51. The van der Waals surface area contributed by atoms with Crippen LogP contribution in [0.3, 0.4) is 0 Å². The summed E-state index contributed by atoms with van der Waals surface area (Å²) in [4.78, 5) is 32.8. The Morgan fingerprint density at radius 2 is 2.00 bits per heavy atom. The van der Waals surface area contributed by atoms with Crippen LogP contribution in [0, 0.1) is 5.92 Å². The molecule has 6 nitrogen and oxygen atoms in total. The fraction of sp³-hybridized carbons (Fsp3) is 0.812. The van der Waals surface area contributed by atoms with Crippen LogP contribution < -0.4 is 5.32 Å². The zero-order valence-electron chi connectivity index (χ0n) is 14.7. The summed E-state index contributed by atoms with van der Waals surface area (Å²) in [6.07, 6.45) is 4.49.